The van der Waals surface area contributed by atoms with Crippen LogP contribution in [0.5, 0.6) is 0 Å². The van der Waals surface area contributed by atoms with E-state index in [-0.39, 0.29) is 5.56 Å². The lowest BCUT2D eigenvalue weighted by Crippen LogP contribution is -2.32. The summed E-state index contributed by atoms with van der Waals surface area (Å²) in [7, 11) is 0. The summed E-state index contributed by atoms with van der Waals surface area (Å²) in [6.45, 7) is 2.02. The molecule has 3 rings (SSSR count). The largest absolute Gasteiger partial charge is 0.472 e. The maximum atomic E-state index is 12.3. The summed E-state index contributed by atoms with van der Waals surface area (Å²) in [6.07, 6.45) is 4.87. The van der Waals surface area contributed by atoms with Gasteiger partial charge in [-0.05, 0) is 18.6 Å². The van der Waals surface area contributed by atoms with Gasteiger partial charge in [0.15, 0.2) is 0 Å². The number of hydrogen-bond acceptors (Lipinski definition) is 5. The molecule has 0 radical (unpaired) electrons. The Morgan fingerprint density at radius 1 is 1.55 bits per heavy atom. The van der Waals surface area contributed by atoms with E-state index >= 15 is 0 Å². The second-order valence-electron chi connectivity index (χ2n) is 4.16. The summed E-state index contributed by atoms with van der Waals surface area (Å²) in [5.41, 5.74) is 2.53. The Balaban J connectivity index is 1.98. The van der Waals surface area contributed by atoms with Crippen LogP contribution in [0.1, 0.15) is 22.2 Å². The standard InChI is InChI=1S/C13H11N3O3S/c1-2-9-5-10-12(20-9)14-7-16(13(10)18)15-11(17)8-3-4-19-6-8/h3-7H,2H2,1H3,(H,15,17). The van der Waals surface area contributed by atoms with Gasteiger partial charge in [0, 0.05) is 4.88 Å². The maximum Gasteiger partial charge on any atom is 0.280 e. The van der Waals surface area contributed by atoms with E-state index in [9.17, 15) is 9.59 Å². The van der Waals surface area contributed by atoms with Gasteiger partial charge >= 0.3 is 0 Å². The molecular weight excluding hydrogens is 278 g/mol. The van der Waals surface area contributed by atoms with Gasteiger partial charge in [-0.15, -0.1) is 11.3 Å². The van der Waals surface area contributed by atoms with Gasteiger partial charge in [-0.25, -0.2) is 9.66 Å². The molecule has 1 amide bonds. The average Bonchev–Trinajstić information content (AvgIpc) is 3.10. The minimum Gasteiger partial charge on any atom is -0.472 e. The Morgan fingerprint density at radius 2 is 2.40 bits per heavy atom. The van der Waals surface area contributed by atoms with Gasteiger partial charge in [-0.2, -0.15) is 0 Å². The van der Waals surface area contributed by atoms with Crippen molar-refractivity contribution in [1.82, 2.24) is 9.66 Å². The number of nitrogens with one attached hydrogen (secondary N) is 1. The normalized spacial score (nSPS) is 10.8. The predicted octanol–water partition coefficient (Wildman–Crippen LogP) is 2.00. The van der Waals surface area contributed by atoms with Gasteiger partial charge in [0.05, 0.1) is 17.2 Å². The molecule has 0 atom stereocenters. The molecule has 0 aliphatic rings. The van der Waals surface area contributed by atoms with Gasteiger partial charge in [-0.1, -0.05) is 6.92 Å². The fourth-order valence-electron chi connectivity index (χ4n) is 1.79. The van der Waals surface area contributed by atoms with Gasteiger partial charge < -0.3 is 4.42 Å². The molecular formula is C13H11N3O3S. The number of rotatable bonds is 3. The maximum absolute atomic E-state index is 12.3. The number of nitrogens with zero attached hydrogens (tertiary/aromatic N) is 2. The molecule has 3 aromatic rings. The number of furan rings is 1. The minimum atomic E-state index is -0.423. The van der Waals surface area contributed by atoms with Crippen LogP contribution in [-0.4, -0.2) is 15.6 Å². The Morgan fingerprint density at radius 3 is 3.10 bits per heavy atom. The molecule has 7 heteroatoms. The van der Waals surface area contributed by atoms with Crippen molar-refractivity contribution in [3.8, 4) is 0 Å². The van der Waals surface area contributed by atoms with Crippen LogP contribution in [0.25, 0.3) is 10.2 Å². The first-order chi connectivity index (χ1) is 9.69. The molecule has 0 spiro atoms. The van der Waals surface area contributed by atoms with E-state index in [1.807, 2.05) is 13.0 Å². The SMILES string of the molecule is CCc1cc2c(=O)n(NC(=O)c3ccoc3)cnc2s1. The quantitative estimate of drug-likeness (QED) is 0.800. The zero-order chi connectivity index (χ0) is 14.1. The number of aromatic nitrogens is 2. The Hall–Kier alpha value is -2.41. The smallest absolute Gasteiger partial charge is 0.280 e. The third-order valence-electron chi connectivity index (χ3n) is 2.86. The highest BCUT2D eigenvalue weighted by atomic mass is 32.1. The van der Waals surface area contributed by atoms with Crippen molar-refractivity contribution in [3.63, 3.8) is 0 Å². The van der Waals surface area contributed by atoms with E-state index in [2.05, 4.69) is 10.4 Å². The van der Waals surface area contributed by atoms with E-state index in [1.54, 1.807) is 0 Å². The summed E-state index contributed by atoms with van der Waals surface area (Å²) in [5, 5.41) is 0.516. The van der Waals surface area contributed by atoms with Crippen molar-refractivity contribution in [2.45, 2.75) is 13.3 Å². The van der Waals surface area contributed by atoms with Crippen LogP contribution >= 0.6 is 11.3 Å². The molecule has 0 aliphatic carbocycles. The van der Waals surface area contributed by atoms with E-state index in [0.717, 1.165) is 16.0 Å². The Bertz CT molecular complexity index is 817. The molecule has 0 saturated carbocycles. The number of aryl methyl sites for hydroxylation is 1. The Labute approximate surface area is 117 Å². The van der Waals surface area contributed by atoms with E-state index in [4.69, 9.17) is 4.42 Å². The van der Waals surface area contributed by atoms with Crippen LogP contribution < -0.4 is 11.0 Å². The second kappa shape index (κ2) is 4.93. The van der Waals surface area contributed by atoms with Crippen LogP contribution in [0, 0.1) is 0 Å². The van der Waals surface area contributed by atoms with Crippen LogP contribution in [0.3, 0.4) is 0 Å². The summed E-state index contributed by atoms with van der Waals surface area (Å²) in [6, 6.07) is 3.34. The van der Waals surface area contributed by atoms with Crippen LogP contribution in [0.15, 0.2) is 40.2 Å². The molecule has 6 nitrogen and oxygen atoms in total. The second-order valence-corrected chi connectivity index (χ2v) is 5.27. The number of carbonyl (C=O) groups excluding carboxylic acids is 1. The molecule has 102 valence electrons. The Kier molecular flexibility index (Phi) is 3.11. The fraction of sp³-hybridized carbons (Fsp3) is 0.154. The van der Waals surface area contributed by atoms with Crippen molar-refractivity contribution >= 4 is 27.5 Å². The van der Waals surface area contributed by atoms with E-state index in [0.29, 0.717) is 15.8 Å². The van der Waals surface area contributed by atoms with Gasteiger partial charge in [0.25, 0.3) is 11.5 Å². The molecule has 0 aromatic carbocycles. The van der Waals surface area contributed by atoms with Gasteiger partial charge in [-0.3, -0.25) is 15.0 Å². The van der Waals surface area contributed by atoms with Crippen LogP contribution in [-0.2, 0) is 6.42 Å². The zero-order valence-electron chi connectivity index (χ0n) is 10.6. The highest BCUT2D eigenvalue weighted by Gasteiger charge is 2.11. The van der Waals surface area contributed by atoms with Gasteiger partial charge in [0.2, 0.25) is 0 Å². The first-order valence-electron chi connectivity index (χ1n) is 6.02. The van der Waals surface area contributed by atoms with Crippen LogP contribution in [0.4, 0.5) is 0 Å². The molecule has 0 bridgehead atoms. The van der Waals surface area contributed by atoms with Gasteiger partial charge in [0.1, 0.15) is 17.4 Å². The third-order valence-corrected chi connectivity index (χ3v) is 4.04. The highest BCUT2D eigenvalue weighted by molar-refractivity contribution is 7.18. The number of amides is 1. The molecule has 3 aromatic heterocycles. The number of fused-ring (bicyclic) bond motifs is 1. The molecule has 0 fully saturated rings. The van der Waals surface area contributed by atoms with E-state index < -0.39 is 5.91 Å². The highest BCUT2D eigenvalue weighted by Crippen LogP contribution is 2.20. The van der Waals surface area contributed by atoms with Crippen LogP contribution in [0.2, 0.25) is 0 Å². The average molecular weight is 289 g/mol. The number of hydrogen-bond donors (Lipinski definition) is 1. The number of carbonyl (C=O) groups is 1. The fourth-order valence-corrected chi connectivity index (χ4v) is 2.72. The topological polar surface area (TPSA) is 77.1 Å². The summed E-state index contributed by atoms with van der Waals surface area (Å²) < 4.78 is 5.92. The lowest BCUT2D eigenvalue weighted by Gasteiger charge is -2.05. The first kappa shape index (κ1) is 12.6. The lowest BCUT2D eigenvalue weighted by molar-refractivity contribution is 0.101. The van der Waals surface area contributed by atoms with Crippen molar-refractivity contribution in [1.29, 1.82) is 0 Å². The number of thiophene rings is 1. The summed E-state index contributed by atoms with van der Waals surface area (Å²) in [4.78, 5) is 30.1. The summed E-state index contributed by atoms with van der Waals surface area (Å²) in [5.74, 6) is -0.423. The zero-order valence-corrected chi connectivity index (χ0v) is 11.4. The third kappa shape index (κ3) is 2.12. The molecule has 0 saturated heterocycles. The lowest BCUT2D eigenvalue weighted by atomic mass is 10.3. The molecule has 0 unspecified atom stereocenters. The molecule has 20 heavy (non-hydrogen) atoms. The molecule has 0 aliphatic heterocycles. The van der Waals surface area contributed by atoms with Crippen molar-refractivity contribution in [2.24, 2.45) is 0 Å². The minimum absolute atomic E-state index is 0.289. The molecule has 1 N–H and O–H groups in total. The molecule has 3 heterocycles. The van der Waals surface area contributed by atoms with Crippen molar-refractivity contribution < 1.29 is 9.21 Å². The van der Waals surface area contributed by atoms with Crippen molar-refractivity contribution in [3.05, 3.63) is 51.8 Å². The van der Waals surface area contributed by atoms with Crippen molar-refractivity contribution in [2.75, 3.05) is 5.43 Å². The summed E-state index contributed by atoms with van der Waals surface area (Å²) >= 11 is 1.48. The monoisotopic (exact) mass is 289 g/mol. The first-order valence-corrected chi connectivity index (χ1v) is 6.84. The van der Waals surface area contributed by atoms with E-state index in [1.165, 1.54) is 36.3 Å². The predicted molar refractivity (Wildman–Crippen MR) is 75.7 cm³/mol.